The summed E-state index contributed by atoms with van der Waals surface area (Å²) in [5, 5.41) is 1.69. The summed E-state index contributed by atoms with van der Waals surface area (Å²) in [6, 6.07) is 5.66. The van der Waals surface area contributed by atoms with Gasteiger partial charge in [0.2, 0.25) is 0 Å². The van der Waals surface area contributed by atoms with Gasteiger partial charge in [0.15, 0.2) is 0 Å². The van der Waals surface area contributed by atoms with E-state index in [9.17, 15) is 4.79 Å². The van der Waals surface area contributed by atoms with Crippen molar-refractivity contribution in [1.82, 2.24) is 4.98 Å². The molecule has 1 aliphatic rings. The summed E-state index contributed by atoms with van der Waals surface area (Å²) in [4.78, 5) is 16.3. The maximum Gasteiger partial charge on any atom is 0.355 e. The Balaban J connectivity index is 1.96. The van der Waals surface area contributed by atoms with E-state index in [2.05, 4.69) is 4.98 Å². The fourth-order valence-electron chi connectivity index (χ4n) is 2.50. The molecular formula is C16H18ClNO2S. The number of aromatic nitrogens is 1. The molecule has 1 N–H and O–H groups in total. The molecule has 1 aliphatic carbocycles. The Morgan fingerprint density at radius 1 is 1.48 bits per heavy atom. The van der Waals surface area contributed by atoms with Gasteiger partial charge < -0.3 is 9.72 Å². The Bertz CT molecular complexity index is 664. The fourth-order valence-corrected chi connectivity index (χ4v) is 4.01. The summed E-state index contributed by atoms with van der Waals surface area (Å²) >= 11 is 7.84. The zero-order valence-electron chi connectivity index (χ0n) is 11.9. The van der Waals surface area contributed by atoms with Gasteiger partial charge in [-0.25, -0.2) is 4.79 Å². The molecule has 1 saturated carbocycles. The van der Waals surface area contributed by atoms with E-state index in [0.29, 0.717) is 17.3 Å². The number of aromatic amines is 1. The van der Waals surface area contributed by atoms with Crippen LogP contribution in [0.1, 0.15) is 36.7 Å². The molecule has 1 aromatic heterocycles. The van der Waals surface area contributed by atoms with Crippen LogP contribution in [-0.2, 0) is 4.74 Å². The van der Waals surface area contributed by atoms with Crippen LogP contribution in [0.3, 0.4) is 0 Å². The lowest BCUT2D eigenvalue weighted by Gasteiger charge is -2.24. The monoisotopic (exact) mass is 323 g/mol. The second kappa shape index (κ2) is 6.32. The number of hydrogen-bond acceptors (Lipinski definition) is 3. The lowest BCUT2D eigenvalue weighted by Crippen LogP contribution is -2.13. The summed E-state index contributed by atoms with van der Waals surface area (Å²) in [6.45, 7) is 2.19. The number of nitrogens with one attached hydrogen (secondary N) is 1. The average molecular weight is 324 g/mol. The number of fused-ring (bicyclic) bond motifs is 1. The van der Waals surface area contributed by atoms with Gasteiger partial charge in [-0.05, 0) is 43.9 Å². The van der Waals surface area contributed by atoms with E-state index in [1.54, 1.807) is 11.8 Å². The number of esters is 1. The average Bonchev–Trinajstić information content (AvgIpc) is 2.76. The predicted octanol–water partition coefficient (Wildman–Crippen LogP) is 4.89. The summed E-state index contributed by atoms with van der Waals surface area (Å²) in [6.07, 6.45) is 3.92. The van der Waals surface area contributed by atoms with E-state index in [1.165, 1.54) is 19.3 Å². The number of hydrogen-bond donors (Lipinski definition) is 1. The molecule has 21 heavy (non-hydrogen) atoms. The van der Waals surface area contributed by atoms with Crippen LogP contribution in [-0.4, -0.2) is 23.3 Å². The standard InChI is InChI=1S/C16H18ClNO2S/c1-2-20-16(19)14-15(21-9-10-4-3-5-10)12-8-11(17)6-7-13(12)18-14/h6-8,10,18H,2-5,9H2,1H3. The molecule has 112 valence electrons. The molecule has 0 unspecified atom stereocenters. The minimum absolute atomic E-state index is 0.291. The highest BCUT2D eigenvalue weighted by Crippen LogP contribution is 2.38. The molecular weight excluding hydrogens is 306 g/mol. The Hall–Kier alpha value is -1.13. The number of carbonyl (C=O) groups excluding carboxylic acids is 1. The van der Waals surface area contributed by atoms with Gasteiger partial charge in [-0.15, -0.1) is 11.8 Å². The first-order valence-electron chi connectivity index (χ1n) is 7.30. The van der Waals surface area contributed by atoms with Gasteiger partial charge in [-0.2, -0.15) is 0 Å². The van der Waals surface area contributed by atoms with Crippen LogP contribution in [0.5, 0.6) is 0 Å². The topological polar surface area (TPSA) is 42.1 Å². The summed E-state index contributed by atoms with van der Waals surface area (Å²) in [5.74, 6) is 1.53. The molecule has 2 aromatic rings. The van der Waals surface area contributed by atoms with Crippen LogP contribution in [0, 0.1) is 5.92 Å². The van der Waals surface area contributed by atoms with Crippen molar-refractivity contribution >= 4 is 40.2 Å². The lowest BCUT2D eigenvalue weighted by molar-refractivity contribution is 0.0516. The number of H-pyrrole nitrogens is 1. The van der Waals surface area contributed by atoms with Crippen LogP contribution in [0.25, 0.3) is 10.9 Å². The number of thioether (sulfide) groups is 1. The highest BCUT2D eigenvalue weighted by Gasteiger charge is 2.23. The Morgan fingerprint density at radius 3 is 2.95 bits per heavy atom. The fraction of sp³-hybridized carbons (Fsp3) is 0.438. The van der Waals surface area contributed by atoms with Gasteiger partial charge in [0.25, 0.3) is 0 Å². The highest BCUT2D eigenvalue weighted by atomic mass is 35.5. The van der Waals surface area contributed by atoms with Gasteiger partial charge in [-0.3, -0.25) is 0 Å². The number of rotatable bonds is 5. The Kier molecular flexibility index (Phi) is 4.45. The molecule has 0 saturated heterocycles. The van der Waals surface area contributed by atoms with Gasteiger partial charge in [-0.1, -0.05) is 18.0 Å². The molecule has 3 nitrogen and oxygen atoms in total. The normalized spacial score (nSPS) is 15.1. The van der Waals surface area contributed by atoms with Crippen LogP contribution in [0.15, 0.2) is 23.1 Å². The number of carbonyl (C=O) groups is 1. The van der Waals surface area contributed by atoms with E-state index in [1.807, 2.05) is 25.1 Å². The van der Waals surface area contributed by atoms with E-state index >= 15 is 0 Å². The maximum absolute atomic E-state index is 12.1. The van der Waals surface area contributed by atoms with E-state index in [-0.39, 0.29) is 5.97 Å². The molecule has 0 aliphatic heterocycles. The van der Waals surface area contributed by atoms with Crippen molar-refractivity contribution in [2.24, 2.45) is 5.92 Å². The molecule has 3 rings (SSSR count). The second-order valence-electron chi connectivity index (χ2n) is 5.35. The van der Waals surface area contributed by atoms with Crippen molar-refractivity contribution in [3.05, 3.63) is 28.9 Å². The van der Waals surface area contributed by atoms with Crippen LogP contribution >= 0.6 is 23.4 Å². The van der Waals surface area contributed by atoms with Crippen LogP contribution < -0.4 is 0 Å². The zero-order chi connectivity index (χ0) is 14.8. The van der Waals surface area contributed by atoms with Crippen molar-refractivity contribution < 1.29 is 9.53 Å². The molecule has 1 fully saturated rings. The zero-order valence-corrected chi connectivity index (χ0v) is 13.5. The van der Waals surface area contributed by atoms with Gasteiger partial charge in [0.1, 0.15) is 5.69 Å². The molecule has 0 radical (unpaired) electrons. The third-order valence-electron chi connectivity index (χ3n) is 3.88. The smallest absolute Gasteiger partial charge is 0.355 e. The van der Waals surface area contributed by atoms with Crippen molar-refractivity contribution in [3.63, 3.8) is 0 Å². The molecule has 5 heteroatoms. The molecule has 0 spiro atoms. The van der Waals surface area contributed by atoms with E-state index in [4.69, 9.17) is 16.3 Å². The molecule has 0 atom stereocenters. The lowest BCUT2D eigenvalue weighted by atomic mass is 9.87. The first kappa shape index (κ1) is 14.8. The largest absolute Gasteiger partial charge is 0.461 e. The quantitative estimate of drug-likeness (QED) is 0.629. The molecule has 0 bridgehead atoms. The first-order chi connectivity index (χ1) is 10.2. The van der Waals surface area contributed by atoms with Crippen molar-refractivity contribution in [1.29, 1.82) is 0 Å². The Morgan fingerprint density at radius 2 is 2.29 bits per heavy atom. The first-order valence-corrected chi connectivity index (χ1v) is 8.66. The second-order valence-corrected chi connectivity index (χ2v) is 6.81. The summed E-state index contributed by atoms with van der Waals surface area (Å²) < 4.78 is 5.16. The molecule has 1 heterocycles. The van der Waals surface area contributed by atoms with Crippen molar-refractivity contribution in [2.75, 3.05) is 12.4 Å². The highest BCUT2D eigenvalue weighted by molar-refractivity contribution is 7.99. The summed E-state index contributed by atoms with van der Waals surface area (Å²) in [7, 11) is 0. The third-order valence-corrected chi connectivity index (χ3v) is 5.47. The van der Waals surface area contributed by atoms with Crippen LogP contribution in [0.2, 0.25) is 5.02 Å². The number of halogens is 1. The Labute approximate surface area is 133 Å². The number of benzene rings is 1. The predicted molar refractivity (Wildman–Crippen MR) is 87.3 cm³/mol. The molecule has 1 aromatic carbocycles. The van der Waals surface area contributed by atoms with Gasteiger partial charge >= 0.3 is 5.97 Å². The SMILES string of the molecule is CCOC(=O)c1[nH]c2ccc(Cl)cc2c1SCC1CCC1. The third kappa shape index (κ3) is 3.06. The summed E-state index contributed by atoms with van der Waals surface area (Å²) in [5.41, 5.74) is 1.48. The van der Waals surface area contributed by atoms with E-state index in [0.717, 1.165) is 27.5 Å². The van der Waals surface area contributed by atoms with E-state index < -0.39 is 0 Å². The van der Waals surface area contributed by atoms with Crippen LogP contribution in [0.4, 0.5) is 0 Å². The van der Waals surface area contributed by atoms with Gasteiger partial charge in [0, 0.05) is 26.6 Å². The van der Waals surface area contributed by atoms with Crippen molar-refractivity contribution in [3.8, 4) is 0 Å². The minimum Gasteiger partial charge on any atom is -0.461 e. The maximum atomic E-state index is 12.1. The van der Waals surface area contributed by atoms with Gasteiger partial charge in [0.05, 0.1) is 6.61 Å². The van der Waals surface area contributed by atoms with Crippen molar-refractivity contribution in [2.45, 2.75) is 31.1 Å². The minimum atomic E-state index is -0.291. The number of ether oxygens (including phenoxy) is 1. The molecule has 0 amide bonds.